The summed E-state index contributed by atoms with van der Waals surface area (Å²) < 4.78 is 38.3. The minimum absolute atomic E-state index is 0.122. The second kappa shape index (κ2) is 6.51. The summed E-state index contributed by atoms with van der Waals surface area (Å²) in [7, 11) is 0. The molecule has 1 aromatic carbocycles. The van der Waals surface area contributed by atoms with Crippen LogP contribution < -0.4 is 5.32 Å². The fourth-order valence-electron chi connectivity index (χ4n) is 3.63. The largest absolute Gasteiger partial charge is 0.416 e. The molecule has 1 amide bonds. The fraction of sp³-hybridized carbons (Fsp3) is 0.588. The van der Waals surface area contributed by atoms with Crippen molar-refractivity contribution in [3.63, 3.8) is 0 Å². The predicted molar refractivity (Wildman–Crippen MR) is 81.1 cm³/mol. The van der Waals surface area contributed by atoms with Crippen LogP contribution in [0.3, 0.4) is 0 Å². The van der Waals surface area contributed by atoms with E-state index in [9.17, 15) is 18.0 Å². The molecule has 0 bridgehead atoms. The number of carbonyl (C=O) groups excluding carboxylic acids is 1. The summed E-state index contributed by atoms with van der Waals surface area (Å²) in [5.41, 5.74) is -0.648. The molecule has 2 fully saturated rings. The van der Waals surface area contributed by atoms with Gasteiger partial charge in [0.1, 0.15) is 0 Å². The molecule has 1 unspecified atom stereocenters. The molecular weight excluding hydrogens is 305 g/mol. The molecule has 0 aromatic heterocycles. The van der Waals surface area contributed by atoms with E-state index in [0.29, 0.717) is 25.0 Å². The van der Waals surface area contributed by atoms with E-state index in [4.69, 9.17) is 0 Å². The van der Waals surface area contributed by atoms with E-state index in [1.54, 1.807) is 4.90 Å². The molecule has 2 heterocycles. The third-order valence-electron chi connectivity index (χ3n) is 4.93. The van der Waals surface area contributed by atoms with Crippen LogP contribution in [0, 0.1) is 5.92 Å². The smallest absolute Gasteiger partial charge is 0.339 e. The number of alkyl halides is 3. The van der Waals surface area contributed by atoms with Crippen LogP contribution in [0.4, 0.5) is 13.2 Å². The van der Waals surface area contributed by atoms with Crippen LogP contribution in [0.2, 0.25) is 0 Å². The number of nitrogens with one attached hydrogen (secondary N) is 1. The third kappa shape index (κ3) is 3.68. The lowest BCUT2D eigenvalue weighted by molar-refractivity contribution is -0.137. The third-order valence-corrected chi connectivity index (χ3v) is 4.93. The number of nitrogens with zero attached hydrogens (tertiary/aromatic N) is 1. The first kappa shape index (κ1) is 16.3. The molecule has 3 rings (SSSR count). The van der Waals surface area contributed by atoms with E-state index in [1.807, 2.05) is 0 Å². The van der Waals surface area contributed by atoms with E-state index in [0.717, 1.165) is 31.5 Å². The number of carbonyl (C=O) groups is 1. The second-order valence-electron chi connectivity index (χ2n) is 6.41. The fourth-order valence-corrected chi connectivity index (χ4v) is 3.63. The van der Waals surface area contributed by atoms with Gasteiger partial charge >= 0.3 is 6.18 Å². The monoisotopic (exact) mass is 326 g/mol. The van der Waals surface area contributed by atoms with Gasteiger partial charge in [-0.25, -0.2) is 0 Å². The number of piperidine rings is 1. The molecule has 0 radical (unpaired) electrons. The van der Waals surface area contributed by atoms with Gasteiger partial charge in [0.2, 0.25) is 0 Å². The molecule has 1 atom stereocenters. The number of benzene rings is 1. The maximum atomic E-state index is 12.8. The van der Waals surface area contributed by atoms with Crippen LogP contribution in [0.25, 0.3) is 0 Å². The lowest BCUT2D eigenvalue weighted by atomic mass is 9.88. The molecular formula is C17H21F3N2O. The van der Waals surface area contributed by atoms with E-state index in [-0.39, 0.29) is 11.5 Å². The van der Waals surface area contributed by atoms with Gasteiger partial charge in [-0.2, -0.15) is 13.2 Å². The molecule has 0 spiro atoms. The Morgan fingerprint density at radius 3 is 2.52 bits per heavy atom. The molecule has 6 heteroatoms. The number of hydrogen-bond acceptors (Lipinski definition) is 2. The summed E-state index contributed by atoms with van der Waals surface area (Å²) in [4.78, 5) is 14.1. The topological polar surface area (TPSA) is 32.3 Å². The van der Waals surface area contributed by atoms with Gasteiger partial charge in [0.15, 0.2) is 0 Å². The van der Waals surface area contributed by atoms with E-state index in [2.05, 4.69) is 5.32 Å². The first-order chi connectivity index (χ1) is 10.9. The molecule has 0 aliphatic carbocycles. The van der Waals surface area contributed by atoms with Crippen LogP contribution in [0.1, 0.15) is 41.6 Å². The maximum Gasteiger partial charge on any atom is 0.416 e. The highest BCUT2D eigenvalue weighted by molar-refractivity contribution is 5.94. The Hall–Kier alpha value is -1.56. The van der Waals surface area contributed by atoms with Crippen molar-refractivity contribution in [1.82, 2.24) is 10.2 Å². The molecule has 2 saturated heterocycles. The van der Waals surface area contributed by atoms with Crippen LogP contribution in [0.15, 0.2) is 24.3 Å². The predicted octanol–water partition coefficient (Wildman–Crippen LogP) is 3.31. The Balaban J connectivity index is 1.63. The molecule has 1 N–H and O–H groups in total. The zero-order chi connectivity index (χ0) is 16.4. The van der Waals surface area contributed by atoms with Crippen molar-refractivity contribution in [1.29, 1.82) is 0 Å². The molecule has 3 nitrogen and oxygen atoms in total. The lowest BCUT2D eigenvalue weighted by Gasteiger charge is -2.35. The zero-order valence-electron chi connectivity index (χ0n) is 12.9. The Morgan fingerprint density at radius 1 is 1.17 bits per heavy atom. The van der Waals surface area contributed by atoms with Crippen molar-refractivity contribution in [2.75, 3.05) is 19.6 Å². The van der Waals surface area contributed by atoms with Crippen LogP contribution in [-0.2, 0) is 6.18 Å². The molecule has 0 saturated carbocycles. The minimum atomic E-state index is -4.42. The first-order valence-corrected chi connectivity index (χ1v) is 8.15. The van der Waals surface area contributed by atoms with Gasteiger partial charge in [0, 0.05) is 24.7 Å². The SMILES string of the molecule is O=C(c1cccc(C(F)(F)F)c1)N1CCC(C2CCCN2)CC1. The summed E-state index contributed by atoms with van der Waals surface area (Å²) in [6, 6.07) is 5.25. The highest BCUT2D eigenvalue weighted by Crippen LogP contribution is 2.30. The maximum absolute atomic E-state index is 12.8. The Labute approximate surface area is 133 Å². The molecule has 126 valence electrons. The van der Waals surface area contributed by atoms with Gasteiger partial charge in [-0.05, 0) is 56.3 Å². The standard InChI is InChI=1S/C17H21F3N2O/c18-17(19,20)14-4-1-3-13(11-14)16(23)22-9-6-12(7-10-22)15-5-2-8-21-15/h1,3-4,11-12,15,21H,2,5-10H2. The van der Waals surface area contributed by atoms with Crippen molar-refractivity contribution in [2.45, 2.75) is 37.9 Å². The van der Waals surface area contributed by atoms with Gasteiger partial charge in [0.25, 0.3) is 5.91 Å². The zero-order valence-corrected chi connectivity index (χ0v) is 12.9. The number of likely N-dealkylation sites (tertiary alicyclic amines) is 1. The van der Waals surface area contributed by atoms with Gasteiger partial charge in [0.05, 0.1) is 5.56 Å². The van der Waals surface area contributed by atoms with Crippen LogP contribution >= 0.6 is 0 Å². The average Bonchev–Trinajstić information content (AvgIpc) is 3.08. The summed E-state index contributed by atoms with van der Waals surface area (Å²) in [6.45, 7) is 2.31. The lowest BCUT2D eigenvalue weighted by Crippen LogP contribution is -2.43. The number of amides is 1. The van der Waals surface area contributed by atoms with Crippen molar-refractivity contribution < 1.29 is 18.0 Å². The molecule has 2 aliphatic heterocycles. The van der Waals surface area contributed by atoms with E-state index < -0.39 is 11.7 Å². The Bertz CT molecular complexity index is 559. The van der Waals surface area contributed by atoms with Crippen molar-refractivity contribution in [3.8, 4) is 0 Å². The van der Waals surface area contributed by atoms with Crippen molar-refractivity contribution >= 4 is 5.91 Å². The van der Waals surface area contributed by atoms with Crippen molar-refractivity contribution in [3.05, 3.63) is 35.4 Å². The van der Waals surface area contributed by atoms with Crippen LogP contribution in [-0.4, -0.2) is 36.5 Å². The quantitative estimate of drug-likeness (QED) is 0.904. The average molecular weight is 326 g/mol. The highest BCUT2D eigenvalue weighted by Gasteiger charge is 2.33. The van der Waals surface area contributed by atoms with Gasteiger partial charge < -0.3 is 10.2 Å². The number of hydrogen-bond donors (Lipinski definition) is 1. The molecule has 1 aromatic rings. The molecule has 2 aliphatic rings. The van der Waals surface area contributed by atoms with E-state index in [1.165, 1.54) is 25.0 Å². The summed E-state index contributed by atoms with van der Waals surface area (Å²) in [5, 5.41) is 3.50. The normalized spacial score (nSPS) is 23.3. The highest BCUT2D eigenvalue weighted by atomic mass is 19.4. The minimum Gasteiger partial charge on any atom is -0.339 e. The van der Waals surface area contributed by atoms with E-state index >= 15 is 0 Å². The Kier molecular flexibility index (Phi) is 4.62. The molecule has 23 heavy (non-hydrogen) atoms. The summed E-state index contributed by atoms with van der Waals surface area (Å²) >= 11 is 0. The van der Waals surface area contributed by atoms with Crippen LogP contribution in [0.5, 0.6) is 0 Å². The first-order valence-electron chi connectivity index (χ1n) is 8.15. The van der Waals surface area contributed by atoms with Gasteiger partial charge in [-0.1, -0.05) is 6.07 Å². The number of halogens is 3. The Morgan fingerprint density at radius 2 is 1.91 bits per heavy atom. The summed E-state index contributed by atoms with van der Waals surface area (Å²) in [5.74, 6) is 0.275. The summed E-state index contributed by atoms with van der Waals surface area (Å²) in [6.07, 6.45) is -0.192. The van der Waals surface area contributed by atoms with Crippen molar-refractivity contribution in [2.24, 2.45) is 5.92 Å². The number of rotatable bonds is 2. The van der Waals surface area contributed by atoms with Gasteiger partial charge in [-0.3, -0.25) is 4.79 Å². The van der Waals surface area contributed by atoms with Gasteiger partial charge in [-0.15, -0.1) is 0 Å². The second-order valence-corrected chi connectivity index (χ2v) is 6.41.